The van der Waals surface area contributed by atoms with Crippen LogP contribution in [0.25, 0.3) is 0 Å². The Kier molecular flexibility index (Phi) is 1.96. The van der Waals surface area contributed by atoms with E-state index in [1.54, 1.807) is 0 Å². The van der Waals surface area contributed by atoms with Gasteiger partial charge in [0.1, 0.15) is 4.75 Å². The molecule has 0 aromatic carbocycles. The molecule has 2 fully saturated rings. The van der Waals surface area contributed by atoms with Crippen LogP contribution in [-0.2, 0) is 9.84 Å². The van der Waals surface area contributed by atoms with Gasteiger partial charge in [0.25, 0.3) is 6.43 Å². The molecule has 0 aliphatic heterocycles. The van der Waals surface area contributed by atoms with Crippen molar-refractivity contribution in [2.45, 2.75) is 41.6 Å². The van der Waals surface area contributed by atoms with Crippen LogP contribution < -0.4 is 0 Å². The van der Waals surface area contributed by atoms with Crippen LogP contribution in [0.15, 0.2) is 0 Å². The van der Waals surface area contributed by atoms with Crippen molar-refractivity contribution in [1.29, 1.82) is 0 Å². The van der Waals surface area contributed by atoms with Gasteiger partial charge in [-0.2, -0.15) is 0 Å². The molecule has 82 valence electrons. The average Bonchev–Trinajstić information content (AvgIpc) is 3.00. The zero-order valence-electron chi connectivity index (χ0n) is 7.54. The highest BCUT2D eigenvalue weighted by atomic mass is 32.2. The van der Waals surface area contributed by atoms with Crippen molar-refractivity contribution in [3.63, 3.8) is 0 Å². The van der Waals surface area contributed by atoms with Gasteiger partial charge in [-0.3, -0.25) is 0 Å². The summed E-state index contributed by atoms with van der Waals surface area (Å²) in [7, 11) is -3.87. The maximum absolute atomic E-state index is 12.6. The first-order valence-electron chi connectivity index (χ1n) is 4.55. The summed E-state index contributed by atoms with van der Waals surface area (Å²) in [6.07, 6.45) is -2.11. The first-order valence-corrected chi connectivity index (χ1v) is 6.03. The second-order valence-electron chi connectivity index (χ2n) is 4.21. The lowest BCUT2D eigenvalue weighted by Crippen LogP contribution is -2.42. The van der Waals surface area contributed by atoms with E-state index in [1.165, 1.54) is 0 Å². The summed E-state index contributed by atoms with van der Waals surface area (Å²) in [5.74, 6) is 0. The summed E-state index contributed by atoms with van der Waals surface area (Å²) in [6, 6.07) is 0. The molecule has 0 spiro atoms. The van der Waals surface area contributed by atoms with E-state index in [4.69, 9.17) is 5.11 Å². The largest absolute Gasteiger partial charge is 0.395 e. The van der Waals surface area contributed by atoms with Gasteiger partial charge in [0.15, 0.2) is 9.84 Å². The van der Waals surface area contributed by atoms with Gasteiger partial charge in [-0.25, -0.2) is 17.2 Å². The SMILES string of the molecule is O=S(=O)(C1(CO)CC1)C1(C(F)F)CC1. The molecule has 0 atom stereocenters. The van der Waals surface area contributed by atoms with E-state index in [9.17, 15) is 17.2 Å². The standard InChI is InChI=1S/C8H12F2O3S/c9-6(10)8(3-4-8)14(12,13)7(5-11)1-2-7/h6,11H,1-5H2. The fraction of sp³-hybridized carbons (Fsp3) is 1.00. The summed E-state index contributed by atoms with van der Waals surface area (Å²) >= 11 is 0. The Bertz CT molecular complexity index is 342. The van der Waals surface area contributed by atoms with Gasteiger partial charge in [-0.15, -0.1) is 0 Å². The Morgan fingerprint density at radius 1 is 1.21 bits per heavy atom. The highest BCUT2D eigenvalue weighted by Gasteiger charge is 2.71. The Morgan fingerprint density at radius 3 is 1.93 bits per heavy atom. The van der Waals surface area contributed by atoms with E-state index in [0.717, 1.165) is 0 Å². The smallest absolute Gasteiger partial charge is 0.258 e. The molecule has 2 rings (SSSR count). The number of sulfone groups is 1. The Hall–Kier alpha value is -0.230. The lowest BCUT2D eigenvalue weighted by atomic mass is 10.4. The van der Waals surface area contributed by atoms with Crippen molar-refractivity contribution >= 4 is 9.84 Å². The highest BCUT2D eigenvalue weighted by Crippen LogP contribution is 2.58. The Labute approximate surface area is 81.0 Å². The Balaban J connectivity index is 2.34. The minimum Gasteiger partial charge on any atom is -0.395 e. The molecule has 6 heteroatoms. The van der Waals surface area contributed by atoms with Crippen LogP contribution in [0, 0.1) is 0 Å². The number of hydrogen-bond donors (Lipinski definition) is 1. The molecule has 0 radical (unpaired) electrons. The van der Waals surface area contributed by atoms with Gasteiger partial charge in [0, 0.05) is 0 Å². The fourth-order valence-corrected chi connectivity index (χ4v) is 4.36. The van der Waals surface area contributed by atoms with Gasteiger partial charge in [-0.1, -0.05) is 0 Å². The number of aliphatic hydroxyl groups excluding tert-OH is 1. The molecular formula is C8H12F2O3S. The normalized spacial score (nSPS) is 27.7. The predicted octanol–water partition coefficient (Wildman–Crippen LogP) is 0.724. The molecule has 3 nitrogen and oxygen atoms in total. The van der Waals surface area contributed by atoms with Crippen LogP contribution in [0.1, 0.15) is 25.7 Å². The summed E-state index contributed by atoms with van der Waals surface area (Å²) in [5.41, 5.74) is 0. The van der Waals surface area contributed by atoms with Gasteiger partial charge in [0.2, 0.25) is 0 Å². The molecule has 0 bridgehead atoms. The van der Waals surface area contributed by atoms with E-state index in [0.29, 0.717) is 12.8 Å². The van der Waals surface area contributed by atoms with Crippen LogP contribution in [-0.4, -0.2) is 36.1 Å². The van der Waals surface area contributed by atoms with Gasteiger partial charge in [-0.05, 0) is 25.7 Å². The zero-order valence-corrected chi connectivity index (χ0v) is 8.36. The van der Waals surface area contributed by atoms with Crippen LogP contribution in [0.4, 0.5) is 8.78 Å². The quantitative estimate of drug-likeness (QED) is 0.768. The lowest BCUT2D eigenvalue weighted by molar-refractivity contribution is 0.131. The van der Waals surface area contributed by atoms with Crippen LogP contribution in [0.3, 0.4) is 0 Å². The Morgan fingerprint density at radius 2 is 1.71 bits per heavy atom. The number of halogens is 2. The third-order valence-electron chi connectivity index (χ3n) is 3.34. The van der Waals surface area contributed by atoms with Crippen molar-refractivity contribution < 1.29 is 22.3 Å². The first kappa shape index (κ1) is 10.3. The van der Waals surface area contributed by atoms with Crippen molar-refractivity contribution in [2.24, 2.45) is 0 Å². The summed E-state index contributed by atoms with van der Waals surface area (Å²) in [6.45, 7) is -0.524. The lowest BCUT2D eigenvalue weighted by Gasteiger charge is -2.21. The first-order chi connectivity index (χ1) is 6.42. The van der Waals surface area contributed by atoms with E-state index < -0.39 is 32.4 Å². The van der Waals surface area contributed by atoms with Gasteiger partial charge in [0.05, 0.1) is 11.4 Å². The molecule has 0 aromatic heterocycles. The van der Waals surface area contributed by atoms with Gasteiger partial charge >= 0.3 is 0 Å². The third-order valence-corrected chi connectivity index (χ3v) is 6.68. The molecular weight excluding hydrogens is 214 g/mol. The second-order valence-corrected chi connectivity index (χ2v) is 6.90. The monoisotopic (exact) mass is 226 g/mol. The van der Waals surface area contributed by atoms with E-state index in [1.807, 2.05) is 0 Å². The average molecular weight is 226 g/mol. The molecule has 2 aliphatic rings. The van der Waals surface area contributed by atoms with Crippen molar-refractivity contribution in [3.8, 4) is 0 Å². The maximum Gasteiger partial charge on any atom is 0.258 e. The second kappa shape index (κ2) is 2.66. The predicted molar refractivity (Wildman–Crippen MR) is 45.9 cm³/mol. The third kappa shape index (κ3) is 1.01. The molecule has 2 aliphatic carbocycles. The van der Waals surface area contributed by atoms with Crippen molar-refractivity contribution in [2.75, 3.05) is 6.61 Å². The molecule has 1 N–H and O–H groups in total. The minimum atomic E-state index is -3.87. The minimum absolute atomic E-state index is 0.0365. The van der Waals surface area contributed by atoms with Crippen molar-refractivity contribution in [3.05, 3.63) is 0 Å². The van der Waals surface area contributed by atoms with E-state index in [-0.39, 0.29) is 12.8 Å². The summed E-state index contributed by atoms with van der Waals surface area (Å²) in [4.78, 5) is 0. The molecule has 0 unspecified atom stereocenters. The van der Waals surface area contributed by atoms with Crippen LogP contribution >= 0.6 is 0 Å². The van der Waals surface area contributed by atoms with E-state index >= 15 is 0 Å². The molecule has 14 heavy (non-hydrogen) atoms. The molecule has 0 amide bonds. The topological polar surface area (TPSA) is 54.4 Å². The van der Waals surface area contributed by atoms with Gasteiger partial charge < -0.3 is 5.11 Å². The molecule has 0 saturated heterocycles. The number of alkyl halides is 2. The van der Waals surface area contributed by atoms with Crippen molar-refractivity contribution in [1.82, 2.24) is 0 Å². The molecule has 0 aromatic rings. The van der Waals surface area contributed by atoms with Crippen LogP contribution in [0.2, 0.25) is 0 Å². The number of aliphatic hydroxyl groups is 1. The number of rotatable bonds is 4. The molecule has 0 heterocycles. The van der Waals surface area contributed by atoms with Crippen LogP contribution in [0.5, 0.6) is 0 Å². The highest BCUT2D eigenvalue weighted by molar-refractivity contribution is 7.94. The number of hydrogen-bond acceptors (Lipinski definition) is 3. The maximum atomic E-state index is 12.6. The summed E-state index contributed by atoms with van der Waals surface area (Å²) in [5, 5.41) is 8.94. The fourth-order valence-electron chi connectivity index (χ4n) is 1.81. The summed E-state index contributed by atoms with van der Waals surface area (Å²) < 4.78 is 45.8. The zero-order chi connectivity index (χ0) is 10.6. The molecule has 2 saturated carbocycles. The van der Waals surface area contributed by atoms with E-state index in [2.05, 4.69) is 0 Å².